The number of amides is 2. The van der Waals surface area contributed by atoms with E-state index in [1.54, 1.807) is 0 Å². The molecule has 0 aromatic heterocycles. The second kappa shape index (κ2) is 12.5. The van der Waals surface area contributed by atoms with Crippen LogP contribution in [0, 0.1) is 5.41 Å². The van der Waals surface area contributed by atoms with E-state index in [1.807, 2.05) is 68.4 Å². The molecule has 0 bridgehead atoms. The van der Waals surface area contributed by atoms with Gasteiger partial charge in [-0.3, -0.25) is 9.59 Å². The normalized spacial score (nSPS) is 20.3. The van der Waals surface area contributed by atoms with E-state index in [0.29, 0.717) is 31.8 Å². The maximum Gasteiger partial charge on any atom is 0.260 e. The number of aryl methyl sites for hydroxylation is 1. The molecule has 0 saturated carbocycles. The first-order valence-electron chi connectivity index (χ1n) is 13.5. The highest BCUT2D eigenvalue weighted by molar-refractivity contribution is 5.94. The number of benzene rings is 2. The summed E-state index contributed by atoms with van der Waals surface area (Å²) < 4.78 is 11.9. The summed E-state index contributed by atoms with van der Waals surface area (Å²) in [5.41, 5.74) is 1.82. The summed E-state index contributed by atoms with van der Waals surface area (Å²) in [4.78, 5) is 30.2. The van der Waals surface area contributed by atoms with Crippen molar-refractivity contribution in [3.05, 3.63) is 59.7 Å². The number of hydrogen-bond donors (Lipinski definition) is 1. The van der Waals surface area contributed by atoms with Crippen LogP contribution in [0.4, 0.5) is 0 Å². The molecular formula is C30H41N3O4. The molecule has 7 nitrogen and oxygen atoms in total. The molecule has 1 N–H and O–H groups in total. The SMILES string of the molecule is C[C@H]1Oc2ccccc2CCCCC2(CCN(C(=O)c3cccc(OCCN(C)C)c3)CC2)CNC1=O. The van der Waals surface area contributed by atoms with Gasteiger partial charge in [0, 0.05) is 31.7 Å². The highest BCUT2D eigenvalue weighted by Gasteiger charge is 2.36. The van der Waals surface area contributed by atoms with E-state index in [1.165, 1.54) is 0 Å². The lowest BCUT2D eigenvalue weighted by atomic mass is 9.74. The van der Waals surface area contributed by atoms with Crippen LogP contribution < -0.4 is 14.8 Å². The van der Waals surface area contributed by atoms with Gasteiger partial charge in [0.25, 0.3) is 11.8 Å². The molecule has 2 amide bonds. The van der Waals surface area contributed by atoms with E-state index in [9.17, 15) is 9.59 Å². The predicted molar refractivity (Wildman–Crippen MR) is 145 cm³/mol. The van der Waals surface area contributed by atoms with Crippen molar-refractivity contribution in [1.82, 2.24) is 15.1 Å². The first-order valence-corrected chi connectivity index (χ1v) is 13.5. The summed E-state index contributed by atoms with van der Waals surface area (Å²) in [6.45, 7) is 5.21. The summed E-state index contributed by atoms with van der Waals surface area (Å²) in [7, 11) is 4.01. The average Bonchev–Trinajstić information content (AvgIpc) is 2.90. The number of carbonyl (C=O) groups is 2. The third-order valence-electron chi connectivity index (χ3n) is 7.69. The fourth-order valence-corrected chi connectivity index (χ4v) is 5.25. The molecule has 0 unspecified atom stereocenters. The minimum absolute atomic E-state index is 0.00200. The molecule has 1 spiro atoms. The number of nitrogens with one attached hydrogen (secondary N) is 1. The maximum absolute atomic E-state index is 13.3. The summed E-state index contributed by atoms with van der Waals surface area (Å²) in [6.07, 6.45) is 5.35. The van der Waals surface area contributed by atoms with Crippen molar-refractivity contribution < 1.29 is 19.1 Å². The third kappa shape index (κ3) is 7.25. The van der Waals surface area contributed by atoms with E-state index in [-0.39, 0.29) is 17.2 Å². The number of fused-ring (bicyclic) bond motifs is 1. The van der Waals surface area contributed by atoms with Crippen molar-refractivity contribution >= 4 is 11.8 Å². The molecule has 0 radical (unpaired) electrons. The number of likely N-dealkylation sites (tertiary alicyclic amines) is 1. The molecule has 2 aliphatic rings. The molecule has 2 aliphatic heterocycles. The van der Waals surface area contributed by atoms with E-state index in [2.05, 4.69) is 16.3 Å². The van der Waals surface area contributed by atoms with Gasteiger partial charge in [0.1, 0.15) is 18.1 Å². The van der Waals surface area contributed by atoms with E-state index >= 15 is 0 Å². The Labute approximate surface area is 221 Å². The smallest absolute Gasteiger partial charge is 0.260 e. The number of carbonyl (C=O) groups excluding carboxylic acids is 2. The van der Waals surface area contributed by atoms with Gasteiger partial charge in [-0.2, -0.15) is 0 Å². The maximum atomic E-state index is 13.3. The number of para-hydroxylation sites is 1. The number of rotatable bonds is 5. The van der Waals surface area contributed by atoms with Gasteiger partial charge in [-0.15, -0.1) is 0 Å². The second-order valence-electron chi connectivity index (χ2n) is 10.8. The summed E-state index contributed by atoms with van der Waals surface area (Å²) in [5, 5.41) is 3.16. The van der Waals surface area contributed by atoms with Crippen molar-refractivity contribution in [3.8, 4) is 11.5 Å². The van der Waals surface area contributed by atoms with Gasteiger partial charge in [0.2, 0.25) is 0 Å². The van der Waals surface area contributed by atoms with Gasteiger partial charge in [-0.25, -0.2) is 0 Å². The Balaban J connectivity index is 1.38. The van der Waals surface area contributed by atoms with Gasteiger partial charge in [-0.05, 0) is 88.4 Å². The zero-order valence-corrected chi connectivity index (χ0v) is 22.5. The Bertz CT molecular complexity index is 1060. The number of hydrogen-bond acceptors (Lipinski definition) is 5. The summed E-state index contributed by atoms with van der Waals surface area (Å²) >= 11 is 0. The monoisotopic (exact) mass is 507 g/mol. The van der Waals surface area contributed by atoms with Crippen LogP contribution in [0.15, 0.2) is 48.5 Å². The summed E-state index contributed by atoms with van der Waals surface area (Å²) in [6, 6.07) is 15.5. The highest BCUT2D eigenvalue weighted by atomic mass is 16.5. The molecule has 200 valence electrons. The van der Waals surface area contributed by atoms with Crippen molar-refractivity contribution in [2.24, 2.45) is 5.41 Å². The first kappa shape index (κ1) is 27.0. The third-order valence-corrected chi connectivity index (χ3v) is 7.69. The van der Waals surface area contributed by atoms with Gasteiger partial charge in [0.05, 0.1) is 0 Å². The largest absolute Gasteiger partial charge is 0.492 e. The van der Waals surface area contributed by atoms with E-state index in [0.717, 1.165) is 62.1 Å². The minimum Gasteiger partial charge on any atom is -0.492 e. The molecule has 1 atom stereocenters. The Morgan fingerprint density at radius 2 is 1.89 bits per heavy atom. The van der Waals surface area contributed by atoms with Crippen LogP contribution in [0.25, 0.3) is 0 Å². The molecule has 1 saturated heterocycles. The quantitative estimate of drug-likeness (QED) is 0.658. The molecule has 1 fully saturated rings. The Morgan fingerprint density at radius 1 is 1.11 bits per heavy atom. The van der Waals surface area contributed by atoms with Crippen LogP contribution in [-0.2, 0) is 11.2 Å². The predicted octanol–water partition coefficient (Wildman–Crippen LogP) is 4.16. The van der Waals surface area contributed by atoms with Crippen LogP contribution in [0.1, 0.15) is 54.9 Å². The van der Waals surface area contributed by atoms with Crippen molar-refractivity contribution in [2.75, 3.05) is 46.9 Å². The molecule has 0 aliphatic carbocycles. The Hall–Kier alpha value is -3.06. The van der Waals surface area contributed by atoms with Crippen LogP contribution in [-0.4, -0.2) is 74.6 Å². The topological polar surface area (TPSA) is 71.1 Å². The van der Waals surface area contributed by atoms with Gasteiger partial charge >= 0.3 is 0 Å². The van der Waals surface area contributed by atoms with Crippen LogP contribution in [0.3, 0.4) is 0 Å². The lowest BCUT2D eigenvalue weighted by molar-refractivity contribution is -0.128. The van der Waals surface area contributed by atoms with Crippen LogP contribution in [0.2, 0.25) is 0 Å². The number of piperidine rings is 1. The van der Waals surface area contributed by atoms with E-state index < -0.39 is 6.10 Å². The number of ether oxygens (including phenoxy) is 2. The minimum atomic E-state index is -0.550. The average molecular weight is 508 g/mol. The van der Waals surface area contributed by atoms with E-state index in [4.69, 9.17) is 9.47 Å². The second-order valence-corrected chi connectivity index (χ2v) is 10.8. The lowest BCUT2D eigenvalue weighted by Crippen LogP contribution is -2.49. The van der Waals surface area contributed by atoms with Crippen molar-refractivity contribution in [1.29, 1.82) is 0 Å². The number of nitrogens with zero attached hydrogens (tertiary/aromatic N) is 2. The molecular weight excluding hydrogens is 466 g/mol. The fourth-order valence-electron chi connectivity index (χ4n) is 5.25. The summed E-state index contributed by atoms with van der Waals surface area (Å²) in [5.74, 6) is 1.49. The molecule has 2 aromatic carbocycles. The highest BCUT2D eigenvalue weighted by Crippen LogP contribution is 2.37. The number of likely N-dealkylation sites (N-methyl/N-ethyl adjacent to an activating group) is 1. The Morgan fingerprint density at radius 3 is 2.68 bits per heavy atom. The first-order chi connectivity index (χ1) is 17.8. The van der Waals surface area contributed by atoms with Gasteiger partial charge in [-0.1, -0.05) is 30.7 Å². The molecule has 4 rings (SSSR count). The zero-order valence-electron chi connectivity index (χ0n) is 22.5. The van der Waals surface area contributed by atoms with Crippen molar-refractivity contribution in [3.63, 3.8) is 0 Å². The molecule has 7 heteroatoms. The molecule has 2 aromatic rings. The zero-order chi connectivity index (χ0) is 26.3. The standard InChI is InChI=1S/C30H41N3O4/c1-23-28(34)31-22-30(14-7-6-10-24-9-4-5-13-27(24)37-23)15-17-33(18-16-30)29(35)25-11-8-12-26(21-25)36-20-19-32(2)3/h4-5,8-9,11-13,21,23H,6-7,10,14-20,22H2,1-3H3,(H,31,34)/t23-/m1/s1. The lowest BCUT2D eigenvalue weighted by Gasteiger charge is -2.42. The Kier molecular flexibility index (Phi) is 9.09. The van der Waals surface area contributed by atoms with Crippen LogP contribution >= 0.6 is 0 Å². The van der Waals surface area contributed by atoms with Crippen LogP contribution in [0.5, 0.6) is 11.5 Å². The van der Waals surface area contributed by atoms with Crippen molar-refractivity contribution in [2.45, 2.75) is 51.6 Å². The molecule has 37 heavy (non-hydrogen) atoms. The fraction of sp³-hybridized carbons (Fsp3) is 0.533. The van der Waals surface area contributed by atoms with Gasteiger partial charge in [0.15, 0.2) is 6.10 Å². The van der Waals surface area contributed by atoms with Gasteiger partial charge < -0.3 is 24.6 Å². The molecule has 2 heterocycles.